The molecule has 3 aromatic carbocycles. The van der Waals surface area contributed by atoms with E-state index < -0.39 is 22.5 Å². The van der Waals surface area contributed by atoms with Crippen molar-refractivity contribution in [2.45, 2.75) is 96.8 Å². The molecule has 0 radical (unpaired) electrons. The summed E-state index contributed by atoms with van der Waals surface area (Å²) in [4.78, 5) is 27.5. The van der Waals surface area contributed by atoms with Crippen LogP contribution in [0.4, 0.5) is 16.2 Å². The average molecular weight is 826 g/mol. The molecule has 4 N–H and O–H groups in total. The first-order valence-corrected chi connectivity index (χ1v) is 21.1. The third-order valence-corrected chi connectivity index (χ3v) is 11.1. The molecule has 2 atom stereocenters. The van der Waals surface area contributed by atoms with Gasteiger partial charge in [0.05, 0.1) is 43.4 Å². The van der Waals surface area contributed by atoms with Crippen molar-refractivity contribution in [3.8, 4) is 17.2 Å². The predicted octanol–water partition coefficient (Wildman–Crippen LogP) is 6.72. The molecule has 0 aliphatic carbocycles. The number of benzene rings is 3. The summed E-state index contributed by atoms with van der Waals surface area (Å²) in [6, 6.07) is 15.1. The molecule has 58 heavy (non-hydrogen) atoms. The number of piperidine rings is 1. The van der Waals surface area contributed by atoms with E-state index in [1.165, 1.54) is 5.01 Å². The van der Waals surface area contributed by atoms with Crippen molar-refractivity contribution >= 4 is 34.4 Å². The summed E-state index contributed by atoms with van der Waals surface area (Å²) in [5.41, 5.74) is 10.5. The fraction of sp³-hybridized carbons (Fsp3) is 0.535. The number of likely N-dealkylation sites (tertiary alicyclic amines) is 1. The maximum Gasteiger partial charge on any atom is 0.410 e. The monoisotopic (exact) mass is 825 g/mol. The number of nitrogen functional groups attached to an aromatic ring is 1. The number of hydrogen-bond donors (Lipinski definition) is 2. The zero-order valence-electron chi connectivity index (χ0n) is 35.6. The first-order valence-electron chi connectivity index (χ1n) is 20.0. The molecule has 0 saturated carbocycles. The van der Waals surface area contributed by atoms with Crippen LogP contribution in [-0.2, 0) is 36.5 Å². The van der Waals surface area contributed by atoms with Gasteiger partial charge in [-0.25, -0.2) is 19.2 Å². The van der Waals surface area contributed by atoms with Crippen molar-refractivity contribution in [1.29, 1.82) is 0 Å². The van der Waals surface area contributed by atoms with Gasteiger partial charge in [0.25, 0.3) is 0 Å². The number of methoxy groups -OCH3 is 1. The molecule has 15 heteroatoms. The molecule has 0 aromatic heterocycles. The smallest absolute Gasteiger partial charge is 0.410 e. The summed E-state index contributed by atoms with van der Waals surface area (Å²) in [6.07, 6.45) is 1.30. The van der Waals surface area contributed by atoms with E-state index in [2.05, 4.69) is 6.07 Å². The summed E-state index contributed by atoms with van der Waals surface area (Å²) in [7, 11) is 1.70. The number of ether oxygens (including phenoxy) is 6. The second kappa shape index (κ2) is 21.4. The van der Waals surface area contributed by atoms with Crippen LogP contribution < -0.4 is 30.8 Å². The number of carbonyl (C=O) groups is 2. The lowest BCUT2D eigenvalue weighted by Gasteiger charge is -2.33. The number of rotatable bonds is 14. The van der Waals surface area contributed by atoms with E-state index in [4.69, 9.17) is 40.0 Å². The van der Waals surface area contributed by atoms with Crippen LogP contribution in [0.2, 0.25) is 0 Å². The largest absolute Gasteiger partial charge is 0.494 e. The summed E-state index contributed by atoms with van der Waals surface area (Å²) >= 11 is 0. The number of amides is 1. The number of nitrogens with zero attached hydrogens (tertiary/aromatic N) is 3. The van der Waals surface area contributed by atoms with E-state index in [9.17, 15) is 13.8 Å². The van der Waals surface area contributed by atoms with Crippen LogP contribution in [0, 0.1) is 6.92 Å². The van der Waals surface area contributed by atoms with Gasteiger partial charge in [-0.15, -0.1) is 0 Å². The van der Waals surface area contributed by atoms with E-state index in [0.29, 0.717) is 79.5 Å². The van der Waals surface area contributed by atoms with Crippen molar-refractivity contribution < 1.29 is 42.2 Å². The second-order valence-corrected chi connectivity index (χ2v) is 16.4. The molecule has 0 bridgehead atoms. The molecule has 5 rings (SSSR count). The van der Waals surface area contributed by atoms with Gasteiger partial charge in [-0.05, 0) is 94.0 Å². The van der Waals surface area contributed by atoms with Gasteiger partial charge >= 0.3 is 12.1 Å². The Balaban J connectivity index is 0.00000366. The number of hydrazine groups is 1. The van der Waals surface area contributed by atoms with Crippen LogP contribution in [0.3, 0.4) is 0 Å². The summed E-state index contributed by atoms with van der Waals surface area (Å²) in [5, 5.41) is 1.40. The topological polar surface area (TPSA) is 168 Å². The Morgan fingerprint density at radius 1 is 1.02 bits per heavy atom. The number of hydrogen-bond acceptors (Lipinski definition) is 12. The number of fused-ring (bicyclic) bond motifs is 1. The summed E-state index contributed by atoms with van der Waals surface area (Å²) in [6.45, 7) is 16.7. The standard InChI is InChI=1S/C41H57N5O9S.C2H6/c1-8-51-38(47)25-33(29-22-34(42)39(44(6)43)36(23-29)50-7)28-10-9-27(2)30(21-28)26-46-17-18-54-35-24-32(11-12-37(35)56(46)49)53-20-19-52-31-13-15-45(16-14-31)40(48)55-41(3,4)5;1-2/h9-12,21-24,31,33H,8,13-20,25-26,42-43H2,1-7H3;1-2H3. The third-order valence-electron chi connectivity index (χ3n) is 9.64. The normalized spacial score (nSPS) is 16.4. The van der Waals surface area contributed by atoms with Gasteiger partial charge in [0.1, 0.15) is 52.7 Å². The first kappa shape index (κ1) is 46.1. The molecule has 2 heterocycles. The van der Waals surface area contributed by atoms with Crippen LogP contribution in [0.15, 0.2) is 53.4 Å². The van der Waals surface area contributed by atoms with Crippen molar-refractivity contribution in [3.05, 3.63) is 70.8 Å². The van der Waals surface area contributed by atoms with Gasteiger partial charge in [0.15, 0.2) is 0 Å². The van der Waals surface area contributed by atoms with Crippen molar-refractivity contribution in [2.24, 2.45) is 5.84 Å². The van der Waals surface area contributed by atoms with Gasteiger partial charge in [-0.3, -0.25) is 4.79 Å². The second-order valence-electron chi connectivity index (χ2n) is 15.0. The highest BCUT2D eigenvalue weighted by Gasteiger charge is 2.29. The van der Waals surface area contributed by atoms with E-state index in [1.807, 2.05) is 70.1 Å². The third kappa shape index (κ3) is 12.5. The maximum absolute atomic E-state index is 14.0. The Morgan fingerprint density at radius 3 is 2.40 bits per heavy atom. The minimum absolute atomic E-state index is 0.0429. The fourth-order valence-corrected chi connectivity index (χ4v) is 8.08. The molecule has 2 aliphatic rings. The molecule has 0 spiro atoms. The van der Waals surface area contributed by atoms with Gasteiger partial charge in [0, 0.05) is 45.2 Å². The molecule has 320 valence electrons. The van der Waals surface area contributed by atoms with Gasteiger partial charge in [-0.1, -0.05) is 32.0 Å². The van der Waals surface area contributed by atoms with Crippen molar-refractivity contribution in [1.82, 2.24) is 9.21 Å². The van der Waals surface area contributed by atoms with Crippen LogP contribution in [-0.4, -0.2) is 97.4 Å². The van der Waals surface area contributed by atoms with E-state index in [1.54, 1.807) is 44.2 Å². The lowest BCUT2D eigenvalue weighted by molar-refractivity contribution is -0.143. The van der Waals surface area contributed by atoms with Gasteiger partial charge in [-0.2, -0.15) is 0 Å². The Labute approximate surface area is 346 Å². The van der Waals surface area contributed by atoms with E-state index >= 15 is 0 Å². The molecular formula is C43H63N5O9S. The molecule has 3 aromatic rings. The van der Waals surface area contributed by atoms with Crippen LogP contribution in [0.25, 0.3) is 0 Å². The summed E-state index contributed by atoms with van der Waals surface area (Å²) < 4.78 is 50.5. The highest BCUT2D eigenvalue weighted by Crippen LogP contribution is 2.40. The SMILES string of the molecule is CC.CCOC(=O)CC(c1ccc(C)c(CN2CCOc3cc(OCCOC4CCN(C(=O)OC(C)(C)C)CC4)ccc3S2=O)c1)c1cc(N)c(N(C)N)c(OC)c1. The summed E-state index contributed by atoms with van der Waals surface area (Å²) in [5.74, 6) is 6.89. The van der Waals surface area contributed by atoms with Crippen molar-refractivity contribution in [3.63, 3.8) is 0 Å². The van der Waals surface area contributed by atoms with Crippen LogP contribution >= 0.6 is 0 Å². The zero-order valence-corrected chi connectivity index (χ0v) is 36.4. The molecular weight excluding hydrogens is 763 g/mol. The molecule has 1 amide bonds. The lowest BCUT2D eigenvalue weighted by Crippen LogP contribution is -2.43. The van der Waals surface area contributed by atoms with Crippen molar-refractivity contribution in [2.75, 3.05) is 71.0 Å². The maximum atomic E-state index is 14.0. The molecule has 2 aliphatic heterocycles. The van der Waals surface area contributed by atoms with Gasteiger partial charge in [0.2, 0.25) is 0 Å². The van der Waals surface area contributed by atoms with Crippen LogP contribution in [0.5, 0.6) is 17.2 Å². The molecule has 1 saturated heterocycles. The number of nitrogens with two attached hydrogens (primary N) is 2. The van der Waals surface area contributed by atoms with E-state index in [-0.39, 0.29) is 31.2 Å². The first-order chi connectivity index (χ1) is 27.7. The quantitative estimate of drug-likeness (QED) is 0.0580. The highest BCUT2D eigenvalue weighted by atomic mass is 32.2. The van der Waals surface area contributed by atoms with E-state index in [0.717, 1.165) is 35.1 Å². The fourth-order valence-electron chi connectivity index (χ4n) is 6.83. The van der Waals surface area contributed by atoms with Gasteiger partial charge < -0.3 is 44.1 Å². The number of anilines is 2. The molecule has 1 fully saturated rings. The minimum atomic E-state index is -1.52. The minimum Gasteiger partial charge on any atom is -0.494 e. The Hall–Kier alpha value is -4.57. The highest BCUT2D eigenvalue weighted by molar-refractivity contribution is 7.82. The zero-order chi connectivity index (χ0) is 42.6. The number of aryl methyl sites for hydroxylation is 1. The predicted molar refractivity (Wildman–Crippen MR) is 227 cm³/mol. The van der Waals surface area contributed by atoms with Crippen LogP contribution in [0.1, 0.15) is 89.0 Å². The lowest BCUT2D eigenvalue weighted by atomic mass is 9.86. The Kier molecular flexibility index (Phi) is 17.0. The Bertz CT molecular complexity index is 1860. The molecule has 2 unspecified atom stereocenters. The number of esters is 1. The number of carbonyl (C=O) groups excluding carboxylic acids is 2. The Morgan fingerprint density at radius 2 is 1.74 bits per heavy atom. The average Bonchev–Trinajstić information content (AvgIpc) is 3.33. The molecule has 14 nitrogen and oxygen atoms in total.